The highest BCUT2D eigenvalue weighted by atomic mass is 15.6. The lowest BCUT2D eigenvalue weighted by Crippen LogP contribution is -2.51. The minimum atomic E-state index is 0.242. The zero-order valence-corrected chi connectivity index (χ0v) is 5.00. The van der Waals surface area contributed by atoms with Crippen LogP contribution in [-0.4, -0.2) is 24.0 Å². The SMILES string of the molecule is CN1NC(N)=NN=C1N. The maximum absolute atomic E-state index is 5.29. The van der Waals surface area contributed by atoms with Gasteiger partial charge in [0.1, 0.15) is 0 Å². The van der Waals surface area contributed by atoms with Gasteiger partial charge in [-0.25, -0.2) is 0 Å². The molecule has 1 rings (SSSR count). The monoisotopic (exact) mass is 128 g/mol. The molecule has 6 heteroatoms. The maximum Gasteiger partial charge on any atom is 0.235 e. The fraction of sp³-hybridized carbons (Fsp3) is 0.333. The molecule has 0 bridgehead atoms. The first-order valence-electron chi connectivity index (χ1n) is 2.37. The molecule has 0 atom stereocenters. The van der Waals surface area contributed by atoms with E-state index in [-0.39, 0.29) is 5.96 Å². The Kier molecular flexibility index (Phi) is 1.14. The third-order valence-corrected chi connectivity index (χ3v) is 0.886. The van der Waals surface area contributed by atoms with E-state index in [1.54, 1.807) is 7.05 Å². The molecule has 1 heterocycles. The number of nitrogens with one attached hydrogen (secondary N) is 1. The van der Waals surface area contributed by atoms with Gasteiger partial charge in [0.15, 0.2) is 0 Å². The molecule has 1 aliphatic heterocycles. The van der Waals surface area contributed by atoms with Crippen molar-refractivity contribution < 1.29 is 0 Å². The van der Waals surface area contributed by atoms with E-state index < -0.39 is 0 Å². The fourth-order valence-corrected chi connectivity index (χ4v) is 0.424. The predicted octanol–water partition coefficient (Wildman–Crippen LogP) is -2.02. The Balaban J connectivity index is 2.74. The van der Waals surface area contributed by atoms with Gasteiger partial charge >= 0.3 is 0 Å². The Morgan fingerprint density at radius 2 is 2.11 bits per heavy atom. The molecule has 9 heavy (non-hydrogen) atoms. The minimum absolute atomic E-state index is 0.242. The lowest BCUT2D eigenvalue weighted by molar-refractivity contribution is 0.437. The Morgan fingerprint density at radius 3 is 2.56 bits per heavy atom. The number of rotatable bonds is 0. The standard InChI is InChI=1S/C3H8N6/c1-9-3(5)7-6-2(4)8-9/h1H3,(H2,5,7)(H3,4,6,8). The van der Waals surface area contributed by atoms with Gasteiger partial charge in [-0.3, -0.25) is 10.4 Å². The predicted molar refractivity (Wildman–Crippen MR) is 34.1 cm³/mol. The summed E-state index contributed by atoms with van der Waals surface area (Å²) in [5, 5.41) is 8.45. The Morgan fingerprint density at radius 1 is 1.44 bits per heavy atom. The molecule has 0 spiro atoms. The largest absolute Gasteiger partial charge is 0.367 e. The summed E-state index contributed by atoms with van der Waals surface area (Å²) in [5.41, 5.74) is 13.1. The fourth-order valence-electron chi connectivity index (χ4n) is 0.424. The number of hydrogen-bond donors (Lipinski definition) is 3. The molecule has 0 saturated carbocycles. The highest BCUT2D eigenvalue weighted by Gasteiger charge is 2.05. The van der Waals surface area contributed by atoms with Gasteiger partial charge in [0, 0.05) is 7.05 Å². The minimum Gasteiger partial charge on any atom is -0.367 e. The van der Waals surface area contributed by atoms with Crippen molar-refractivity contribution in [3.05, 3.63) is 0 Å². The Labute approximate surface area is 52.2 Å². The van der Waals surface area contributed by atoms with Gasteiger partial charge in [-0.1, -0.05) is 0 Å². The van der Waals surface area contributed by atoms with Crippen LogP contribution in [0.1, 0.15) is 0 Å². The molecule has 0 aromatic carbocycles. The zero-order valence-electron chi connectivity index (χ0n) is 5.00. The summed E-state index contributed by atoms with van der Waals surface area (Å²) < 4.78 is 0. The van der Waals surface area contributed by atoms with E-state index >= 15 is 0 Å². The van der Waals surface area contributed by atoms with Crippen molar-refractivity contribution in [1.29, 1.82) is 0 Å². The number of nitrogens with zero attached hydrogens (tertiary/aromatic N) is 3. The van der Waals surface area contributed by atoms with E-state index in [1.165, 1.54) is 5.01 Å². The van der Waals surface area contributed by atoms with Crippen molar-refractivity contribution in [3.8, 4) is 0 Å². The van der Waals surface area contributed by atoms with E-state index in [9.17, 15) is 0 Å². The average molecular weight is 128 g/mol. The summed E-state index contributed by atoms with van der Waals surface area (Å²) in [6, 6.07) is 0. The molecule has 0 aliphatic carbocycles. The molecule has 0 amide bonds. The normalized spacial score (nSPS) is 18.1. The molecular weight excluding hydrogens is 120 g/mol. The molecule has 6 nitrogen and oxygen atoms in total. The van der Waals surface area contributed by atoms with Crippen molar-refractivity contribution >= 4 is 11.9 Å². The molecule has 50 valence electrons. The molecule has 1 aliphatic rings. The number of guanidine groups is 2. The molecule has 0 fully saturated rings. The van der Waals surface area contributed by atoms with E-state index in [0.29, 0.717) is 5.96 Å². The van der Waals surface area contributed by atoms with E-state index in [0.717, 1.165) is 0 Å². The summed E-state index contributed by atoms with van der Waals surface area (Å²) in [4.78, 5) is 0. The molecular formula is C3H8N6. The molecule has 0 unspecified atom stereocenters. The van der Waals surface area contributed by atoms with Crippen molar-refractivity contribution in [3.63, 3.8) is 0 Å². The van der Waals surface area contributed by atoms with E-state index in [2.05, 4.69) is 15.6 Å². The first kappa shape index (κ1) is 5.67. The van der Waals surface area contributed by atoms with E-state index in [1.807, 2.05) is 0 Å². The van der Waals surface area contributed by atoms with Crippen LogP contribution in [0.2, 0.25) is 0 Å². The molecule has 0 saturated heterocycles. The highest BCUT2D eigenvalue weighted by molar-refractivity contribution is 5.86. The number of nitrogens with two attached hydrogens (primary N) is 2. The Hall–Kier alpha value is -1.46. The van der Waals surface area contributed by atoms with Crippen LogP contribution < -0.4 is 16.9 Å². The Bertz CT molecular complexity index is 169. The zero-order chi connectivity index (χ0) is 6.85. The van der Waals surface area contributed by atoms with Crippen LogP contribution in [0.5, 0.6) is 0 Å². The van der Waals surface area contributed by atoms with Crippen LogP contribution in [0.3, 0.4) is 0 Å². The first-order valence-corrected chi connectivity index (χ1v) is 2.37. The van der Waals surface area contributed by atoms with Crippen molar-refractivity contribution in [2.45, 2.75) is 0 Å². The second-order valence-electron chi connectivity index (χ2n) is 1.61. The first-order chi connectivity index (χ1) is 4.20. The smallest absolute Gasteiger partial charge is 0.235 e. The van der Waals surface area contributed by atoms with Gasteiger partial charge < -0.3 is 11.5 Å². The quantitative estimate of drug-likeness (QED) is 0.351. The molecule has 0 aromatic rings. The summed E-state index contributed by atoms with van der Waals surface area (Å²) in [7, 11) is 1.69. The second kappa shape index (κ2) is 1.81. The molecule has 5 N–H and O–H groups in total. The van der Waals surface area contributed by atoms with Gasteiger partial charge in [0.05, 0.1) is 0 Å². The van der Waals surface area contributed by atoms with Crippen LogP contribution in [0, 0.1) is 0 Å². The van der Waals surface area contributed by atoms with Gasteiger partial charge in [-0.05, 0) is 0 Å². The van der Waals surface area contributed by atoms with Gasteiger partial charge in [-0.2, -0.15) is 0 Å². The van der Waals surface area contributed by atoms with Gasteiger partial charge in [0.2, 0.25) is 11.9 Å². The number of hydrogen-bond acceptors (Lipinski definition) is 6. The van der Waals surface area contributed by atoms with Crippen LogP contribution in [-0.2, 0) is 0 Å². The van der Waals surface area contributed by atoms with Crippen LogP contribution in [0.25, 0.3) is 0 Å². The molecule has 0 radical (unpaired) electrons. The summed E-state index contributed by atoms with van der Waals surface area (Å²) in [6.07, 6.45) is 0. The van der Waals surface area contributed by atoms with Crippen molar-refractivity contribution in [1.82, 2.24) is 10.4 Å². The van der Waals surface area contributed by atoms with Crippen LogP contribution in [0.15, 0.2) is 10.2 Å². The summed E-state index contributed by atoms with van der Waals surface area (Å²) in [6.45, 7) is 0. The highest BCUT2D eigenvalue weighted by Crippen LogP contribution is 1.83. The molecule has 0 aromatic heterocycles. The van der Waals surface area contributed by atoms with E-state index in [4.69, 9.17) is 11.5 Å². The number of hydrazine groups is 1. The maximum atomic E-state index is 5.29. The summed E-state index contributed by atoms with van der Waals surface area (Å²) >= 11 is 0. The van der Waals surface area contributed by atoms with Crippen LogP contribution in [0.4, 0.5) is 0 Å². The second-order valence-corrected chi connectivity index (χ2v) is 1.61. The third-order valence-electron chi connectivity index (χ3n) is 0.886. The average Bonchev–Trinajstić information content (AvgIpc) is 1.80. The lowest BCUT2D eigenvalue weighted by atomic mass is 10.9. The van der Waals surface area contributed by atoms with Crippen LogP contribution >= 0.6 is 0 Å². The lowest BCUT2D eigenvalue weighted by Gasteiger charge is -2.20. The summed E-state index contributed by atoms with van der Waals surface area (Å²) in [5.74, 6) is 0.538. The van der Waals surface area contributed by atoms with Crippen molar-refractivity contribution in [2.75, 3.05) is 7.05 Å². The van der Waals surface area contributed by atoms with Crippen molar-refractivity contribution in [2.24, 2.45) is 21.7 Å². The van der Waals surface area contributed by atoms with Gasteiger partial charge in [0.25, 0.3) is 0 Å². The third kappa shape index (κ3) is 1.01. The van der Waals surface area contributed by atoms with Gasteiger partial charge in [-0.15, -0.1) is 10.2 Å². The topological polar surface area (TPSA) is 92.0 Å².